The summed E-state index contributed by atoms with van der Waals surface area (Å²) in [5.41, 5.74) is 0. The van der Waals surface area contributed by atoms with Crippen molar-refractivity contribution < 1.29 is 37.6 Å². The van der Waals surface area contributed by atoms with Gasteiger partial charge in [-0.25, -0.2) is 4.57 Å². The average molecular weight is 840 g/mol. The van der Waals surface area contributed by atoms with Gasteiger partial charge >= 0.3 is 19.8 Å². The van der Waals surface area contributed by atoms with Crippen LogP contribution in [0.2, 0.25) is 0 Å². The zero-order valence-corrected chi connectivity index (χ0v) is 37.8. The van der Waals surface area contributed by atoms with Crippen LogP contribution >= 0.6 is 7.82 Å². The number of phosphoric ester groups is 1. The second kappa shape index (κ2) is 42.5. The largest absolute Gasteiger partial charge is 0.472 e. The maximum Gasteiger partial charge on any atom is 0.472 e. The van der Waals surface area contributed by atoms with E-state index in [-0.39, 0.29) is 26.1 Å². The van der Waals surface area contributed by atoms with Crippen molar-refractivity contribution in [2.45, 2.75) is 136 Å². The molecule has 9 nitrogen and oxygen atoms in total. The molecule has 10 heteroatoms. The molecule has 1 N–H and O–H groups in total. The van der Waals surface area contributed by atoms with Gasteiger partial charge < -0.3 is 19.3 Å². The number of likely N-dealkylation sites (N-methyl/N-ethyl adjacent to an activating group) is 1. The van der Waals surface area contributed by atoms with Crippen LogP contribution in [0.25, 0.3) is 0 Å². The van der Waals surface area contributed by atoms with Gasteiger partial charge in [-0.05, 0) is 110 Å². The first-order valence-corrected chi connectivity index (χ1v) is 23.3. The van der Waals surface area contributed by atoms with Gasteiger partial charge in [-0.1, -0.05) is 142 Å². The summed E-state index contributed by atoms with van der Waals surface area (Å²) in [6.07, 6.45) is 56.8. The lowest BCUT2D eigenvalue weighted by Gasteiger charge is -2.20. The van der Waals surface area contributed by atoms with Crippen molar-refractivity contribution in [3.05, 3.63) is 122 Å². The van der Waals surface area contributed by atoms with Gasteiger partial charge in [0.2, 0.25) is 0 Å². The summed E-state index contributed by atoms with van der Waals surface area (Å²) in [7, 11) is -0.775. The van der Waals surface area contributed by atoms with E-state index < -0.39 is 32.5 Å². The monoisotopic (exact) mass is 840 g/mol. The standard InChI is InChI=1S/C49H78NO8P/c1-5-7-9-11-13-15-17-19-21-23-24-26-28-30-32-34-36-38-40-42-49(52)58-47(46-57-59(53,54)56-44-43-50(3)4)45-55-48(51)41-39-37-35-33-31-29-27-25-22-20-18-16-14-12-10-8-6-2/h7-10,13-16,19-22,24,26-27,29-30,32-33,35,47H,5-6,11-12,17-18,23,25,28,31,34,36-46H2,1-4H3,(H,53,54)/b9-7-,10-8-,15-13-,16-14-,21-19-,22-20-,26-24-,29-27-,32-30-,35-33-. The fourth-order valence-electron chi connectivity index (χ4n) is 4.98. The number of esters is 2. The normalized spacial score (nSPS) is 14.5. The van der Waals surface area contributed by atoms with Crippen LogP contribution in [0.15, 0.2) is 122 Å². The van der Waals surface area contributed by atoms with Crippen molar-refractivity contribution in [2.75, 3.05) is 40.5 Å². The smallest absolute Gasteiger partial charge is 0.462 e. The molecule has 0 aromatic rings. The van der Waals surface area contributed by atoms with Gasteiger partial charge in [0, 0.05) is 19.4 Å². The minimum absolute atomic E-state index is 0.0161. The minimum atomic E-state index is -4.40. The number of nitrogens with zero attached hydrogens (tertiary/aromatic N) is 1. The number of hydrogen-bond acceptors (Lipinski definition) is 8. The SMILES string of the molecule is CC/C=C\C/C=C\C/C=C\C/C=C\C/C=C\CCCCCC(=O)OC(COC(=O)CCC/C=C\C/C=C\C/C=C\C/C=C\C/C=C\CC)COP(=O)(O)OCCN(C)C. The number of carbonyl (C=O) groups excluding carboxylic acids is 2. The van der Waals surface area contributed by atoms with Crippen LogP contribution in [0, 0.1) is 0 Å². The van der Waals surface area contributed by atoms with Crippen LogP contribution < -0.4 is 0 Å². The molecule has 2 unspecified atom stereocenters. The number of phosphoric acid groups is 1. The number of hydrogen-bond donors (Lipinski definition) is 1. The predicted molar refractivity (Wildman–Crippen MR) is 247 cm³/mol. The van der Waals surface area contributed by atoms with E-state index in [9.17, 15) is 19.0 Å². The van der Waals surface area contributed by atoms with E-state index >= 15 is 0 Å². The Kier molecular flexibility index (Phi) is 39.9. The van der Waals surface area contributed by atoms with E-state index in [1.165, 1.54) is 0 Å². The maximum atomic E-state index is 12.7. The number of ether oxygens (including phenoxy) is 2. The Hall–Kier alpha value is -3.59. The molecular weight excluding hydrogens is 762 g/mol. The molecule has 0 amide bonds. The Morgan fingerprint density at radius 1 is 0.525 bits per heavy atom. The van der Waals surface area contributed by atoms with E-state index in [0.717, 1.165) is 89.9 Å². The van der Waals surface area contributed by atoms with Crippen LogP contribution in [0.4, 0.5) is 0 Å². The van der Waals surface area contributed by atoms with Crippen molar-refractivity contribution in [1.82, 2.24) is 4.90 Å². The molecule has 0 radical (unpaired) electrons. The first-order valence-electron chi connectivity index (χ1n) is 21.8. The summed E-state index contributed by atoms with van der Waals surface area (Å²) in [5.74, 6) is -0.924. The zero-order chi connectivity index (χ0) is 43.3. The fourth-order valence-corrected chi connectivity index (χ4v) is 5.72. The number of carbonyl (C=O) groups is 2. The highest BCUT2D eigenvalue weighted by molar-refractivity contribution is 7.47. The van der Waals surface area contributed by atoms with Crippen LogP contribution in [0.3, 0.4) is 0 Å². The summed E-state index contributed by atoms with van der Waals surface area (Å²) in [4.78, 5) is 37.0. The van der Waals surface area contributed by atoms with E-state index in [4.69, 9.17) is 18.5 Å². The fraction of sp³-hybridized carbons (Fsp3) is 0.551. The summed E-state index contributed by atoms with van der Waals surface area (Å²) < 4.78 is 33.4. The number of unbranched alkanes of at least 4 members (excludes halogenated alkanes) is 4. The lowest BCUT2D eigenvalue weighted by Crippen LogP contribution is -2.29. The van der Waals surface area contributed by atoms with Gasteiger partial charge in [0.25, 0.3) is 0 Å². The molecule has 0 aromatic heterocycles. The second-order valence-electron chi connectivity index (χ2n) is 14.1. The topological polar surface area (TPSA) is 112 Å². The Labute approximate surface area is 358 Å². The van der Waals surface area contributed by atoms with Crippen molar-refractivity contribution in [3.8, 4) is 0 Å². The van der Waals surface area contributed by atoms with E-state index in [1.54, 1.807) is 4.90 Å². The Morgan fingerprint density at radius 2 is 0.932 bits per heavy atom. The van der Waals surface area contributed by atoms with Crippen molar-refractivity contribution >= 4 is 19.8 Å². The van der Waals surface area contributed by atoms with Crippen LogP contribution in [0.1, 0.15) is 129 Å². The highest BCUT2D eigenvalue weighted by Crippen LogP contribution is 2.43. The molecule has 0 saturated carbocycles. The molecule has 0 aromatic carbocycles. The van der Waals surface area contributed by atoms with Gasteiger partial charge in [0.15, 0.2) is 6.10 Å². The third-order valence-electron chi connectivity index (χ3n) is 8.26. The van der Waals surface area contributed by atoms with Crippen molar-refractivity contribution in [2.24, 2.45) is 0 Å². The lowest BCUT2D eigenvalue weighted by molar-refractivity contribution is -0.161. The third-order valence-corrected chi connectivity index (χ3v) is 9.25. The van der Waals surface area contributed by atoms with Gasteiger partial charge in [0.1, 0.15) is 6.61 Å². The molecule has 332 valence electrons. The number of allylic oxidation sites excluding steroid dienone is 20. The molecule has 0 heterocycles. The summed E-state index contributed by atoms with van der Waals surface area (Å²) in [5, 5.41) is 0. The Balaban J connectivity index is 4.48. The number of rotatable bonds is 38. The predicted octanol–water partition coefficient (Wildman–Crippen LogP) is 12.8. The van der Waals surface area contributed by atoms with E-state index in [1.807, 2.05) is 20.2 Å². The van der Waals surface area contributed by atoms with Crippen LogP contribution in [-0.2, 0) is 32.7 Å². The minimum Gasteiger partial charge on any atom is -0.462 e. The quantitative estimate of drug-likeness (QED) is 0.0281. The molecule has 2 atom stereocenters. The molecule has 0 aliphatic heterocycles. The maximum absolute atomic E-state index is 12.7. The van der Waals surface area contributed by atoms with Gasteiger partial charge in [-0.2, -0.15) is 0 Å². The second-order valence-corrected chi connectivity index (χ2v) is 15.6. The van der Waals surface area contributed by atoms with Gasteiger partial charge in [0.05, 0.1) is 13.2 Å². The Morgan fingerprint density at radius 3 is 1.37 bits per heavy atom. The molecule has 0 aliphatic carbocycles. The molecule has 59 heavy (non-hydrogen) atoms. The third kappa shape index (κ3) is 43.8. The Bertz CT molecular complexity index is 1390. The summed E-state index contributed by atoms with van der Waals surface area (Å²) >= 11 is 0. The summed E-state index contributed by atoms with van der Waals surface area (Å²) in [6.45, 7) is 3.95. The van der Waals surface area contributed by atoms with Gasteiger partial charge in [-0.15, -0.1) is 0 Å². The lowest BCUT2D eigenvalue weighted by atomic mass is 10.1. The van der Waals surface area contributed by atoms with E-state index in [2.05, 4.69) is 129 Å². The molecule has 0 spiro atoms. The van der Waals surface area contributed by atoms with Crippen LogP contribution in [-0.4, -0.2) is 68.3 Å². The van der Waals surface area contributed by atoms with Crippen molar-refractivity contribution in [1.29, 1.82) is 0 Å². The molecule has 0 fully saturated rings. The first kappa shape index (κ1) is 55.4. The van der Waals surface area contributed by atoms with Crippen molar-refractivity contribution in [3.63, 3.8) is 0 Å². The highest BCUT2D eigenvalue weighted by Gasteiger charge is 2.26. The average Bonchev–Trinajstić information content (AvgIpc) is 3.20. The molecule has 0 rings (SSSR count). The first-order chi connectivity index (χ1) is 28.7. The molecular formula is C49H78NO8P. The highest BCUT2D eigenvalue weighted by atomic mass is 31.2. The summed E-state index contributed by atoms with van der Waals surface area (Å²) in [6, 6.07) is 0. The molecule has 0 aliphatic rings. The van der Waals surface area contributed by atoms with Crippen LogP contribution in [0.5, 0.6) is 0 Å². The zero-order valence-electron chi connectivity index (χ0n) is 36.9. The molecule has 0 bridgehead atoms. The molecule has 0 saturated heterocycles. The van der Waals surface area contributed by atoms with E-state index in [0.29, 0.717) is 19.4 Å². The van der Waals surface area contributed by atoms with Gasteiger partial charge in [-0.3, -0.25) is 18.6 Å².